The average Bonchev–Trinajstić information content (AvgIpc) is 2.73. The normalized spacial score (nSPS) is 9.78. The lowest BCUT2D eigenvalue weighted by Crippen LogP contribution is -1.97. The van der Waals surface area contributed by atoms with Crippen molar-refractivity contribution in [1.29, 1.82) is 0 Å². The molecule has 4 nitrogen and oxygen atoms in total. The number of fused-ring (bicyclic) bond motifs is 3. The first kappa shape index (κ1) is 14.3. The third-order valence-electron chi connectivity index (χ3n) is 2.62. The third-order valence-corrected chi connectivity index (χ3v) is 2.62. The second-order valence-corrected chi connectivity index (χ2v) is 3.55. The molecule has 0 atom stereocenters. The maximum Gasteiger partial charge on any atom is 0.356 e. The maximum atomic E-state index is 10.9. The predicted molar refractivity (Wildman–Crippen MR) is 74.2 cm³/mol. The van der Waals surface area contributed by atoms with E-state index in [4.69, 9.17) is 5.11 Å². The number of hydrogen-bond donors (Lipinski definition) is 1. The maximum absolute atomic E-state index is 10.9. The molecule has 0 saturated carbocycles. The van der Waals surface area contributed by atoms with Gasteiger partial charge in [0.25, 0.3) is 0 Å². The Hall–Kier alpha value is -1.78. The van der Waals surface area contributed by atoms with Gasteiger partial charge in [-0.1, -0.05) is 24.3 Å². The Balaban J connectivity index is 0.000000810. The van der Waals surface area contributed by atoms with Gasteiger partial charge in [-0.15, -0.1) is 24.8 Å². The zero-order valence-corrected chi connectivity index (χ0v) is 10.7. The van der Waals surface area contributed by atoms with Gasteiger partial charge in [-0.2, -0.15) is 0 Å². The molecule has 0 spiro atoms. The third kappa shape index (κ3) is 2.00. The highest BCUT2D eigenvalue weighted by atomic mass is 35.5. The van der Waals surface area contributed by atoms with Crippen LogP contribution in [-0.2, 0) is 0 Å². The number of hydrogen-bond acceptors (Lipinski definition) is 2. The number of aromatic carboxylic acids is 1. The minimum Gasteiger partial charge on any atom is -0.476 e. The molecule has 94 valence electrons. The molecule has 6 heteroatoms. The van der Waals surface area contributed by atoms with Crippen LogP contribution in [0.4, 0.5) is 0 Å². The first-order valence-electron chi connectivity index (χ1n) is 4.85. The van der Waals surface area contributed by atoms with Gasteiger partial charge in [0.05, 0.1) is 11.0 Å². The fourth-order valence-corrected chi connectivity index (χ4v) is 1.89. The minimum atomic E-state index is -1.00. The molecule has 0 radical (unpaired) electrons. The number of aromatic nitrogens is 2. The van der Waals surface area contributed by atoms with Crippen LogP contribution >= 0.6 is 24.8 Å². The van der Waals surface area contributed by atoms with E-state index in [1.165, 1.54) is 0 Å². The molecule has 3 aromatic rings. The summed E-state index contributed by atoms with van der Waals surface area (Å²) in [5.74, 6) is -1.00. The van der Waals surface area contributed by atoms with E-state index in [9.17, 15) is 4.79 Å². The Morgan fingerprint density at radius 1 is 1.06 bits per heavy atom. The van der Waals surface area contributed by atoms with E-state index in [-0.39, 0.29) is 30.5 Å². The molecule has 0 fully saturated rings. The molecule has 1 aromatic carbocycles. The van der Waals surface area contributed by atoms with Gasteiger partial charge in [0.1, 0.15) is 6.33 Å². The van der Waals surface area contributed by atoms with Crippen LogP contribution in [0.15, 0.2) is 42.7 Å². The van der Waals surface area contributed by atoms with E-state index in [0.717, 1.165) is 10.9 Å². The molecular formula is C12H10Cl2N2O2. The number of carboxylic acids is 1. The van der Waals surface area contributed by atoms with Gasteiger partial charge in [-0.05, 0) is 17.5 Å². The quantitative estimate of drug-likeness (QED) is 0.747. The fourth-order valence-electron chi connectivity index (χ4n) is 1.89. The van der Waals surface area contributed by atoms with Gasteiger partial charge in [-0.3, -0.25) is 4.40 Å². The first-order valence-corrected chi connectivity index (χ1v) is 4.85. The second kappa shape index (κ2) is 5.25. The number of carboxylic acid groups (broad SMARTS) is 1. The van der Waals surface area contributed by atoms with Crippen LogP contribution in [0.2, 0.25) is 0 Å². The second-order valence-electron chi connectivity index (χ2n) is 3.55. The molecular weight excluding hydrogens is 275 g/mol. The summed E-state index contributed by atoms with van der Waals surface area (Å²) in [6.45, 7) is 0. The summed E-state index contributed by atoms with van der Waals surface area (Å²) in [4.78, 5) is 14.8. The molecule has 0 aliphatic heterocycles. The van der Waals surface area contributed by atoms with Gasteiger partial charge in [-0.25, -0.2) is 9.78 Å². The largest absolute Gasteiger partial charge is 0.476 e. The smallest absolute Gasteiger partial charge is 0.356 e. The van der Waals surface area contributed by atoms with Crippen LogP contribution in [0.5, 0.6) is 0 Å². The molecule has 0 aliphatic rings. The summed E-state index contributed by atoms with van der Waals surface area (Å²) >= 11 is 0. The molecule has 1 N–H and O–H groups in total. The molecule has 18 heavy (non-hydrogen) atoms. The van der Waals surface area contributed by atoms with E-state index < -0.39 is 5.97 Å². The van der Waals surface area contributed by atoms with Crippen molar-refractivity contribution in [3.8, 4) is 0 Å². The Morgan fingerprint density at radius 2 is 1.78 bits per heavy atom. The van der Waals surface area contributed by atoms with Crippen molar-refractivity contribution in [1.82, 2.24) is 9.38 Å². The Bertz CT molecular complexity index is 709. The van der Waals surface area contributed by atoms with Gasteiger partial charge in [0.15, 0.2) is 5.69 Å². The van der Waals surface area contributed by atoms with Gasteiger partial charge < -0.3 is 5.11 Å². The highest BCUT2D eigenvalue weighted by Gasteiger charge is 2.12. The molecule has 0 amide bonds. The number of carbonyl (C=O) groups is 1. The Morgan fingerprint density at radius 3 is 2.50 bits per heavy atom. The number of pyridine rings is 1. The number of para-hydroxylation sites is 1. The van der Waals surface area contributed by atoms with Crippen molar-refractivity contribution >= 4 is 47.2 Å². The van der Waals surface area contributed by atoms with Crippen molar-refractivity contribution in [2.24, 2.45) is 0 Å². The fraction of sp³-hybridized carbons (Fsp3) is 0. The first-order chi connectivity index (χ1) is 7.77. The molecule has 2 heterocycles. The van der Waals surface area contributed by atoms with Crippen LogP contribution in [0.25, 0.3) is 16.4 Å². The molecule has 3 rings (SSSR count). The van der Waals surface area contributed by atoms with Crippen molar-refractivity contribution < 1.29 is 9.90 Å². The van der Waals surface area contributed by atoms with Crippen molar-refractivity contribution in [2.45, 2.75) is 0 Å². The van der Waals surface area contributed by atoms with Crippen LogP contribution in [0.1, 0.15) is 10.5 Å². The van der Waals surface area contributed by atoms with E-state index in [1.807, 2.05) is 30.3 Å². The molecule has 0 saturated heterocycles. The number of rotatable bonds is 1. The highest BCUT2D eigenvalue weighted by molar-refractivity contribution is 5.95. The van der Waals surface area contributed by atoms with Crippen LogP contribution in [-0.4, -0.2) is 20.5 Å². The molecule has 0 bridgehead atoms. The summed E-state index contributed by atoms with van der Waals surface area (Å²) in [5, 5.41) is 10.0. The van der Waals surface area contributed by atoms with E-state index in [1.54, 1.807) is 16.8 Å². The standard InChI is InChI=1S/C12H8N2O2.2ClH/c15-12(16)11-10-6-5-8-3-1-2-4-9(8)14(10)7-13-11;;/h1-7H,(H,15,16);2*1H. The summed E-state index contributed by atoms with van der Waals surface area (Å²) in [5.41, 5.74) is 1.66. The van der Waals surface area contributed by atoms with Crippen LogP contribution in [0, 0.1) is 0 Å². The summed E-state index contributed by atoms with van der Waals surface area (Å²) < 4.78 is 1.79. The number of halogens is 2. The molecule has 0 aliphatic carbocycles. The average molecular weight is 285 g/mol. The number of benzene rings is 1. The van der Waals surface area contributed by atoms with Gasteiger partial charge in [0.2, 0.25) is 0 Å². The SMILES string of the molecule is Cl.Cl.O=C(O)c1ncn2c1ccc1ccccc12. The lowest BCUT2D eigenvalue weighted by atomic mass is 10.2. The van der Waals surface area contributed by atoms with E-state index >= 15 is 0 Å². The van der Waals surface area contributed by atoms with Crippen molar-refractivity contribution in [3.63, 3.8) is 0 Å². The zero-order valence-electron chi connectivity index (χ0n) is 9.11. The molecule has 0 unspecified atom stereocenters. The van der Waals surface area contributed by atoms with Crippen molar-refractivity contribution in [2.75, 3.05) is 0 Å². The van der Waals surface area contributed by atoms with E-state index in [2.05, 4.69) is 4.98 Å². The van der Waals surface area contributed by atoms with Crippen LogP contribution in [0.3, 0.4) is 0 Å². The predicted octanol–water partition coefficient (Wildman–Crippen LogP) is 3.03. The van der Waals surface area contributed by atoms with Crippen molar-refractivity contribution in [3.05, 3.63) is 48.4 Å². The number of nitrogens with zero attached hydrogens (tertiary/aromatic N) is 2. The topological polar surface area (TPSA) is 54.6 Å². The zero-order chi connectivity index (χ0) is 11.1. The lowest BCUT2D eigenvalue weighted by molar-refractivity contribution is 0.0693. The van der Waals surface area contributed by atoms with Gasteiger partial charge in [0, 0.05) is 0 Å². The summed E-state index contributed by atoms with van der Waals surface area (Å²) in [6, 6.07) is 11.5. The lowest BCUT2D eigenvalue weighted by Gasteiger charge is -2.01. The monoisotopic (exact) mass is 284 g/mol. The Labute approximate surface area is 115 Å². The van der Waals surface area contributed by atoms with Crippen LogP contribution < -0.4 is 0 Å². The summed E-state index contributed by atoms with van der Waals surface area (Å²) in [7, 11) is 0. The highest BCUT2D eigenvalue weighted by Crippen LogP contribution is 2.18. The number of imidazole rings is 1. The molecule has 2 aromatic heterocycles. The minimum absolute atomic E-state index is 0. The summed E-state index contributed by atoms with van der Waals surface area (Å²) in [6.07, 6.45) is 1.54. The van der Waals surface area contributed by atoms with Gasteiger partial charge >= 0.3 is 5.97 Å². The van der Waals surface area contributed by atoms with E-state index in [0.29, 0.717) is 5.52 Å². The Kier molecular flexibility index (Phi) is 4.16.